The van der Waals surface area contributed by atoms with E-state index in [1.165, 1.54) is 37.1 Å². The van der Waals surface area contributed by atoms with Gasteiger partial charge in [0.25, 0.3) is 5.91 Å². The van der Waals surface area contributed by atoms with E-state index in [4.69, 9.17) is 14.7 Å². The minimum absolute atomic E-state index is 0.104. The van der Waals surface area contributed by atoms with Crippen LogP contribution in [0.3, 0.4) is 0 Å². The maximum absolute atomic E-state index is 14.3. The van der Waals surface area contributed by atoms with E-state index in [1.54, 1.807) is 0 Å². The van der Waals surface area contributed by atoms with Gasteiger partial charge in [0.05, 0.1) is 43.0 Å². The molecule has 5 atom stereocenters. The van der Waals surface area contributed by atoms with Crippen molar-refractivity contribution in [3.05, 3.63) is 121 Å². The highest BCUT2D eigenvalue weighted by atomic mass is 16.5. The molecule has 0 radical (unpaired) electrons. The SMILES string of the molecule is COC(=O)NC(C(=O)N1C2CCC(C2)C1c1ncc(-c2ccc(-c3ccc4cc(-c5cnc(C6CC7(CC7)CN6)[nH]5)ccc4c3)cc2)[nH]1)c1ccccc1. The molecule has 2 aliphatic carbocycles. The zero-order chi connectivity index (χ0) is 36.4. The van der Waals surface area contributed by atoms with Gasteiger partial charge in [0.15, 0.2) is 0 Å². The summed E-state index contributed by atoms with van der Waals surface area (Å²) in [4.78, 5) is 45.3. The number of H-pyrrole nitrogens is 2. The van der Waals surface area contributed by atoms with Crippen LogP contribution in [0.2, 0.25) is 0 Å². The lowest BCUT2D eigenvalue weighted by Gasteiger charge is -2.36. The number of fused-ring (bicyclic) bond motifs is 3. The van der Waals surface area contributed by atoms with Crippen molar-refractivity contribution in [1.29, 1.82) is 0 Å². The molecule has 2 saturated heterocycles. The number of amides is 2. The number of hydrogen-bond acceptors (Lipinski definition) is 6. The molecule has 5 unspecified atom stereocenters. The minimum Gasteiger partial charge on any atom is -0.453 e. The van der Waals surface area contributed by atoms with Crippen LogP contribution in [-0.4, -0.2) is 56.5 Å². The lowest BCUT2D eigenvalue weighted by Crippen LogP contribution is -2.47. The van der Waals surface area contributed by atoms with Crippen LogP contribution in [-0.2, 0) is 9.53 Å². The number of nitrogens with zero attached hydrogens (tertiary/aromatic N) is 3. The van der Waals surface area contributed by atoms with Crippen LogP contribution in [0.15, 0.2) is 103 Å². The molecule has 272 valence electrons. The van der Waals surface area contributed by atoms with Crippen LogP contribution in [0.5, 0.6) is 0 Å². The average Bonchev–Trinajstić information content (AvgIpc) is 3.86. The Morgan fingerprint density at radius 3 is 2.22 bits per heavy atom. The third-order valence-electron chi connectivity index (χ3n) is 12.5. The predicted molar refractivity (Wildman–Crippen MR) is 207 cm³/mol. The van der Waals surface area contributed by atoms with Gasteiger partial charge < -0.3 is 30.2 Å². The molecule has 4 aromatic carbocycles. The van der Waals surface area contributed by atoms with E-state index in [2.05, 4.69) is 81.3 Å². The molecule has 2 aromatic heterocycles. The Balaban J connectivity index is 0.857. The second kappa shape index (κ2) is 13.0. The molecule has 2 saturated carbocycles. The van der Waals surface area contributed by atoms with Crippen molar-refractivity contribution < 1.29 is 14.3 Å². The first-order chi connectivity index (χ1) is 26.4. The molecule has 2 amide bonds. The Morgan fingerprint density at radius 2 is 1.48 bits per heavy atom. The lowest BCUT2D eigenvalue weighted by molar-refractivity contribution is -0.138. The first-order valence-corrected chi connectivity index (χ1v) is 19.1. The van der Waals surface area contributed by atoms with Gasteiger partial charge in [0.1, 0.15) is 17.7 Å². The van der Waals surface area contributed by atoms with Gasteiger partial charge >= 0.3 is 6.09 Å². The van der Waals surface area contributed by atoms with E-state index in [-0.39, 0.29) is 18.0 Å². The molecular weight excluding hydrogens is 675 g/mol. The zero-order valence-electron chi connectivity index (χ0n) is 30.2. The van der Waals surface area contributed by atoms with Crippen molar-refractivity contribution in [2.75, 3.05) is 13.7 Å². The number of aromatic nitrogens is 4. The summed E-state index contributed by atoms with van der Waals surface area (Å²) in [6.45, 7) is 1.11. The van der Waals surface area contributed by atoms with E-state index in [1.807, 2.05) is 47.6 Å². The highest BCUT2D eigenvalue weighted by molar-refractivity contribution is 5.91. The Kier molecular flexibility index (Phi) is 7.90. The van der Waals surface area contributed by atoms with E-state index in [9.17, 15) is 9.59 Å². The molecule has 10 heteroatoms. The fourth-order valence-electron chi connectivity index (χ4n) is 9.31. The smallest absolute Gasteiger partial charge is 0.407 e. The Morgan fingerprint density at radius 1 is 0.815 bits per heavy atom. The summed E-state index contributed by atoms with van der Waals surface area (Å²) in [6.07, 6.45) is 9.97. The molecule has 1 spiro atoms. The molecule has 6 aromatic rings. The molecule has 4 fully saturated rings. The Hall–Kier alpha value is -5.74. The molecule has 10 nitrogen and oxygen atoms in total. The molecule has 2 bridgehead atoms. The topological polar surface area (TPSA) is 128 Å². The summed E-state index contributed by atoms with van der Waals surface area (Å²) in [5, 5.41) is 8.83. The number of rotatable bonds is 8. The van der Waals surface area contributed by atoms with E-state index in [0.717, 1.165) is 76.7 Å². The third kappa shape index (κ3) is 5.85. The first kappa shape index (κ1) is 32.9. The van der Waals surface area contributed by atoms with Crippen molar-refractivity contribution in [3.8, 4) is 33.6 Å². The number of hydrogen-bond donors (Lipinski definition) is 4. The highest BCUT2D eigenvalue weighted by Gasteiger charge is 2.51. The van der Waals surface area contributed by atoms with Crippen LogP contribution in [0.25, 0.3) is 44.4 Å². The summed E-state index contributed by atoms with van der Waals surface area (Å²) in [6, 6.07) is 30.5. The fourth-order valence-corrected chi connectivity index (χ4v) is 9.31. The number of piperidine rings is 1. The van der Waals surface area contributed by atoms with Crippen LogP contribution >= 0.6 is 0 Å². The number of carbonyl (C=O) groups is 2. The number of carbonyl (C=O) groups excluding carboxylic acids is 2. The zero-order valence-corrected chi connectivity index (χ0v) is 30.2. The van der Waals surface area contributed by atoms with Crippen molar-refractivity contribution in [2.45, 2.75) is 62.7 Å². The van der Waals surface area contributed by atoms with Crippen molar-refractivity contribution in [3.63, 3.8) is 0 Å². The van der Waals surface area contributed by atoms with Crippen LogP contribution in [0.1, 0.15) is 73.9 Å². The van der Waals surface area contributed by atoms with Gasteiger partial charge in [-0.3, -0.25) is 4.79 Å². The quantitative estimate of drug-likeness (QED) is 0.126. The van der Waals surface area contributed by atoms with Crippen molar-refractivity contribution in [1.82, 2.24) is 35.5 Å². The van der Waals surface area contributed by atoms with Crippen LogP contribution < -0.4 is 10.6 Å². The predicted octanol–water partition coefficient (Wildman–Crippen LogP) is 8.25. The van der Waals surface area contributed by atoms with Gasteiger partial charge in [-0.2, -0.15) is 0 Å². The summed E-state index contributed by atoms with van der Waals surface area (Å²) < 4.78 is 4.89. The molecule has 10 rings (SSSR count). The van der Waals surface area contributed by atoms with Gasteiger partial charge in [-0.25, -0.2) is 14.8 Å². The van der Waals surface area contributed by atoms with E-state index < -0.39 is 12.1 Å². The second-order valence-corrected chi connectivity index (χ2v) is 15.8. The molecule has 4 heterocycles. The fraction of sp³-hybridized carbons (Fsp3) is 0.318. The maximum Gasteiger partial charge on any atom is 0.407 e. The number of benzene rings is 4. The summed E-state index contributed by atoms with van der Waals surface area (Å²) >= 11 is 0. The van der Waals surface area contributed by atoms with E-state index >= 15 is 0 Å². The number of alkyl carbamates (subject to hydrolysis) is 1. The number of nitrogens with one attached hydrogen (secondary N) is 4. The van der Waals surface area contributed by atoms with Gasteiger partial charge in [-0.1, -0.05) is 78.9 Å². The monoisotopic (exact) mass is 717 g/mol. The largest absolute Gasteiger partial charge is 0.453 e. The third-order valence-corrected chi connectivity index (χ3v) is 12.5. The Labute approximate surface area is 313 Å². The standard InChI is InChI=1S/C44H43N7O3/c1-54-43(53)50-38(28-5-3-2-4-6-28)42(52)51-34-16-15-33(21-34)39(51)41-46-23-36(49-41)27-9-7-26(8-10-27)29-11-12-31-20-32(14-13-30(31)19-29)37-24-45-40(48-37)35-22-44(17-18-44)25-47-35/h2-14,19-20,23-24,33-35,38-39,47H,15-18,21-22,25H2,1H3,(H,45,48)(H,46,49)(H,50,53). The summed E-state index contributed by atoms with van der Waals surface area (Å²) in [5.74, 6) is 1.99. The molecular formula is C44H43N7O3. The second-order valence-electron chi connectivity index (χ2n) is 15.8. The van der Waals surface area contributed by atoms with Crippen molar-refractivity contribution in [2.24, 2.45) is 11.3 Å². The maximum atomic E-state index is 14.3. The van der Waals surface area contributed by atoms with Crippen LogP contribution in [0, 0.1) is 11.3 Å². The first-order valence-electron chi connectivity index (χ1n) is 19.1. The van der Waals surface area contributed by atoms with Crippen molar-refractivity contribution >= 4 is 22.8 Å². The van der Waals surface area contributed by atoms with Crippen LogP contribution in [0.4, 0.5) is 4.79 Å². The minimum atomic E-state index is -0.849. The lowest BCUT2D eigenvalue weighted by atomic mass is 9.96. The van der Waals surface area contributed by atoms with Gasteiger partial charge in [-0.05, 0) is 95.0 Å². The summed E-state index contributed by atoms with van der Waals surface area (Å²) in [7, 11) is 1.31. The summed E-state index contributed by atoms with van der Waals surface area (Å²) in [5.41, 5.74) is 7.67. The molecule has 4 aliphatic rings. The number of methoxy groups -OCH3 is 1. The van der Waals surface area contributed by atoms with E-state index in [0.29, 0.717) is 17.4 Å². The van der Waals surface area contributed by atoms with Gasteiger partial charge in [0.2, 0.25) is 0 Å². The molecule has 54 heavy (non-hydrogen) atoms. The number of likely N-dealkylation sites (tertiary alicyclic amines) is 1. The normalized spacial score (nSPS) is 22.9. The highest BCUT2D eigenvalue weighted by Crippen LogP contribution is 2.55. The average molecular weight is 718 g/mol. The number of ether oxygens (including phenoxy) is 1. The van der Waals surface area contributed by atoms with Gasteiger partial charge in [0, 0.05) is 18.2 Å². The Bertz CT molecular complexity index is 2360. The van der Waals surface area contributed by atoms with Gasteiger partial charge in [-0.15, -0.1) is 0 Å². The number of aromatic amines is 2. The number of imidazole rings is 2. The molecule has 4 N–H and O–H groups in total. The molecule has 2 aliphatic heterocycles.